The number of nitrogens with one attached hydrogen (secondary N) is 1. The molecule has 0 spiro atoms. The molecule has 25 heavy (non-hydrogen) atoms. The molecule has 0 aliphatic carbocycles. The fraction of sp³-hybridized carbons (Fsp3) is 0. The van der Waals surface area contributed by atoms with Gasteiger partial charge in [0.25, 0.3) is 0 Å². The van der Waals surface area contributed by atoms with Crippen LogP contribution in [0.15, 0.2) is 78.9 Å². The minimum absolute atomic E-state index is 0.197. The number of ether oxygens (including phenoxy) is 1. The fourth-order valence-electron chi connectivity index (χ4n) is 2.55. The predicted octanol–water partition coefficient (Wildman–Crippen LogP) is 5.82. The van der Waals surface area contributed by atoms with E-state index in [1.165, 1.54) is 0 Å². The van der Waals surface area contributed by atoms with Gasteiger partial charge in [0.1, 0.15) is 11.6 Å². The third-order valence-corrected chi connectivity index (χ3v) is 3.86. The lowest BCUT2D eigenvalue weighted by Gasteiger charge is -2.14. The first-order valence-electron chi connectivity index (χ1n) is 7.81. The van der Waals surface area contributed by atoms with Crippen molar-refractivity contribution in [3.8, 4) is 11.5 Å². The highest BCUT2D eigenvalue weighted by Gasteiger charge is 2.10. The van der Waals surface area contributed by atoms with E-state index >= 15 is 0 Å². The van der Waals surface area contributed by atoms with Crippen molar-refractivity contribution >= 4 is 34.0 Å². The van der Waals surface area contributed by atoms with Crippen LogP contribution in [0.4, 0.5) is 11.5 Å². The zero-order valence-electron chi connectivity index (χ0n) is 13.2. The Kier molecular flexibility index (Phi) is 4.19. The Hall–Kier alpha value is -3.11. The molecule has 4 rings (SSSR count). The van der Waals surface area contributed by atoms with Crippen LogP contribution in [0.5, 0.6) is 11.5 Å². The van der Waals surface area contributed by atoms with Crippen molar-refractivity contribution in [1.82, 2.24) is 9.97 Å². The first-order chi connectivity index (χ1) is 12.3. The maximum atomic E-state index is 6.07. The summed E-state index contributed by atoms with van der Waals surface area (Å²) in [6.45, 7) is 0. The Morgan fingerprint density at radius 1 is 0.760 bits per heavy atom. The lowest BCUT2D eigenvalue weighted by molar-refractivity contribution is 0.485. The summed E-state index contributed by atoms with van der Waals surface area (Å²) >= 11 is 6.07. The number of hydrogen-bond acceptors (Lipinski definition) is 4. The van der Waals surface area contributed by atoms with E-state index in [0.717, 1.165) is 22.3 Å². The SMILES string of the molecule is Clc1nc(Nc2ccccc2Oc2ccccc2)c2ccccc2n1. The number of para-hydroxylation sites is 4. The number of benzene rings is 3. The summed E-state index contributed by atoms with van der Waals surface area (Å²) in [5.41, 5.74) is 1.58. The maximum Gasteiger partial charge on any atom is 0.224 e. The van der Waals surface area contributed by atoms with E-state index in [-0.39, 0.29) is 5.28 Å². The quantitative estimate of drug-likeness (QED) is 0.472. The Morgan fingerprint density at radius 3 is 2.36 bits per heavy atom. The van der Waals surface area contributed by atoms with Crippen molar-refractivity contribution in [3.05, 3.63) is 84.1 Å². The number of anilines is 2. The molecule has 0 saturated carbocycles. The van der Waals surface area contributed by atoms with Crippen molar-refractivity contribution in [2.45, 2.75) is 0 Å². The molecule has 0 bridgehead atoms. The standard InChI is InChI=1S/C20H14ClN3O/c21-20-23-16-11-5-4-10-15(16)19(24-20)22-17-12-6-7-13-18(17)25-14-8-2-1-3-9-14/h1-13H,(H,22,23,24). The lowest BCUT2D eigenvalue weighted by Crippen LogP contribution is -1.99. The average molecular weight is 348 g/mol. The molecule has 1 aromatic heterocycles. The monoisotopic (exact) mass is 347 g/mol. The molecule has 0 saturated heterocycles. The van der Waals surface area contributed by atoms with Gasteiger partial charge in [-0.25, -0.2) is 4.98 Å². The van der Waals surface area contributed by atoms with Gasteiger partial charge >= 0.3 is 0 Å². The van der Waals surface area contributed by atoms with Crippen molar-refractivity contribution in [3.63, 3.8) is 0 Å². The molecular formula is C20H14ClN3O. The van der Waals surface area contributed by atoms with Gasteiger partial charge in [0, 0.05) is 5.39 Å². The summed E-state index contributed by atoms with van der Waals surface area (Å²) in [4.78, 5) is 8.58. The van der Waals surface area contributed by atoms with E-state index in [1.807, 2.05) is 78.9 Å². The Balaban J connectivity index is 1.72. The Bertz CT molecular complexity index is 1020. The van der Waals surface area contributed by atoms with E-state index < -0.39 is 0 Å². The summed E-state index contributed by atoms with van der Waals surface area (Å²) < 4.78 is 5.99. The summed E-state index contributed by atoms with van der Waals surface area (Å²) in [5.74, 6) is 2.11. The molecular weight excluding hydrogens is 334 g/mol. The highest BCUT2D eigenvalue weighted by atomic mass is 35.5. The van der Waals surface area contributed by atoms with Crippen molar-refractivity contribution in [2.24, 2.45) is 0 Å². The molecule has 1 heterocycles. The van der Waals surface area contributed by atoms with E-state index in [1.54, 1.807) is 0 Å². The maximum absolute atomic E-state index is 6.07. The highest BCUT2D eigenvalue weighted by Crippen LogP contribution is 2.33. The molecule has 1 N–H and O–H groups in total. The minimum atomic E-state index is 0.197. The molecule has 0 radical (unpaired) electrons. The normalized spacial score (nSPS) is 10.6. The van der Waals surface area contributed by atoms with Crippen molar-refractivity contribution in [1.29, 1.82) is 0 Å². The first kappa shape index (κ1) is 15.4. The number of hydrogen-bond donors (Lipinski definition) is 1. The summed E-state index contributed by atoms with van der Waals surface area (Å²) in [6, 6.07) is 25.1. The van der Waals surface area contributed by atoms with Crippen LogP contribution >= 0.6 is 11.6 Å². The van der Waals surface area contributed by atoms with Gasteiger partial charge in [0.15, 0.2) is 5.75 Å². The topological polar surface area (TPSA) is 47.0 Å². The van der Waals surface area contributed by atoms with Crippen LogP contribution in [0, 0.1) is 0 Å². The van der Waals surface area contributed by atoms with Crippen LogP contribution in [0.25, 0.3) is 10.9 Å². The molecule has 5 heteroatoms. The molecule has 0 atom stereocenters. The molecule has 0 amide bonds. The Morgan fingerprint density at radius 2 is 1.48 bits per heavy atom. The zero-order valence-corrected chi connectivity index (χ0v) is 13.9. The second kappa shape index (κ2) is 6.79. The lowest BCUT2D eigenvalue weighted by atomic mass is 10.2. The van der Waals surface area contributed by atoms with Gasteiger partial charge in [-0.15, -0.1) is 0 Å². The third-order valence-electron chi connectivity index (χ3n) is 3.69. The highest BCUT2D eigenvalue weighted by molar-refractivity contribution is 6.28. The molecule has 0 aliphatic rings. The first-order valence-corrected chi connectivity index (χ1v) is 8.19. The number of nitrogens with zero attached hydrogens (tertiary/aromatic N) is 2. The number of aromatic nitrogens is 2. The van der Waals surface area contributed by atoms with Crippen LogP contribution in [-0.4, -0.2) is 9.97 Å². The second-order valence-corrected chi connectivity index (χ2v) is 5.73. The number of fused-ring (bicyclic) bond motifs is 1. The van der Waals surface area contributed by atoms with Crippen LogP contribution < -0.4 is 10.1 Å². The Labute approximate surface area is 150 Å². The molecule has 4 aromatic rings. The zero-order chi connectivity index (χ0) is 17.1. The van der Waals surface area contributed by atoms with Gasteiger partial charge in [-0.05, 0) is 48.0 Å². The molecule has 3 aromatic carbocycles. The van der Waals surface area contributed by atoms with Gasteiger partial charge in [0.2, 0.25) is 5.28 Å². The predicted molar refractivity (Wildman–Crippen MR) is 101 cm³/mol. The molecule has 0 unspecified atom stereocenters. The van der Waals surface area contributed by atoms with E-state index in [9.17, 15) is 0 Å². The van der Waals surface area contributed by atoms with Gasteiger partial charge in [0.05, 0.1) is 11.2 Å². The van der Waals surface area contributed by atoms with E-state index in [4.69, 9.17) is 16.3 Å². The van der Waals surface area contributed by atoms with E-state index in [2.05, 4.69) is 15.3 Å². The molecule has 0 aliphatic heterocycles. The molecule has 4 nitrogen and oxygen atoms in total. The van der Waals surface area contributed by atoms with Crippen LogP contribution in [0.2, 0.25) is 5.28 Å². The largest absolute Gasteiger partial charge is 0.455 e. The van der Waals surface area contributed by atoms with Gasteiger partial charge in [-0.3, -0.25) is 0 Å². The summed E-state index contributed by atoms with van der Waals surface area (Å²) in [5, 5.41) is 4.40. The number of halogens is 1. The van der Waals surface area contributed by atoms with Gasteiger partial charge in [-0.2, -0.15) is 4.98 Å². The van der Waals surface area contributed by atoms with Gasteiger partial charge < -0.3 is 10.1 Å². The van der Waals surface area contributed by atoms with Crippen LogP contribution in [0.3, 0.4) is 0 Å². The third kappa shape index (κ3) is 3.39. The van der Waals surface area contributed by atoms with Crippen molar-refractivity contribution < 1.29 is 4.74 Å². The summed E-state index contributed by atoms with van der Waals surface area (Å²) in [7, 11) is 0. The van der Waals surface area contributed by atoms with Crippen LogP contribution in [-0.2, 0) is 0 Å². The summed E-state index contributed by atoms with van der Waals surface area (Å²) in [6.07, 6.45) is 0. The number of rotatable bonds is 4. The van der Waals surface area contributed by atoms with E-state index in [0.29, 0.717) is 11.6 Å². The average Bonchev–Trinajstić information content (AvgIpc) is 2.64. The molecule has 122 valence electrons. The molecule has 0 fully saturated rings. The fourth-order valence-corrected chi connectivity index (χ4v) is 2.72. The van der Waals surface area contributed by atoms with Gasteiger partial charge in [-0.1, -0.05) is 42.5 Å². The van der Waals surface area contributed by atoms with Crippen molar-refractivity contribution in [2.75, 3.05) is 5.32 Å². The second-order valence-electron chi connectivity index (χ2n) is 5.39. The smallest absolute Gasteiger partial charge is 0.224 e. The van der Waals surface area contributed by atoms with Crippen LogP contribution in [0.1, 0.15) is 0 Å². The minimum Gasteiger partial charge on any atom is -0.455 e.